The van der Waals surface area contributed by atoms with Crippen molar-refractivity contribution in [2.75, 3.05) is 13.6 Å². The minimum atomic E-state index is 0.631. The van der Waals surface area contributed by atoms with Crippen molar-refractivity contribution in [2.24, 2.45) is 5.41 Å². The molecule has 1 heteroatoms. The SMILES string of the molecule is CC.CC[C@@]1(C)CCN(C)[C@@H](C)C1. The lowest BCUT2D eigenvalue weighted by Gasteiger charge is -2.41. The van der Waals surface area contributed by atoms with Gasteiger partial charge < -0.3 is 4.90 Å². The second-order valence-electron chi connectivity index (χ2n) is 4.45. The molecule has 0 aliphatic carbocycles. The third-order valence-electron chi connectivity index (χ3n) is 3.46. The van der Waals surface area contributed by atoms with Crippen LogP contribution in [0.25, 0.3) is 0 Å². The fourth-order valence-corrected chi connectivity index (χ4v) is 1.96. The van der Waals surface area contributed by atoms with Crippen molar-refractivity contribution in [3.05, 3.63) is 0 Å². The molecule has 0 amide bonds. The molecule has 1 heterocycles. The number of nitrogens with zero attached hydrogens (tertiary/aromatic N) is 1. The van der Waals surface area contributed by atoms with Crippen molar-refractivity contribution in [1.29, 1.82) is 0 Å². The van der Waals surface area contributed by atoms with Crippen LogP contribution in [0.4, 0.5) is 0 Å². The van der Waals surface area contributed by atoms with E-state index < -0.39 is 0 Å². The van der Waals surface area contributed by atoms with Gasteiger partial charge in [-0.15, -0.1) is 0 Å². The lowest BCUT2D eigenvalue weighted by molar-refractivity contribution is 0.0866. The Labute approximate surface area is 84.5 Å². The van der Waals surface area contributed by atoms with Crippen molar-refractivity contribution in [2.45, 2.75) is 59.9 Å². The maximum atomic E-state index is 2.47. The van der Waals surface area contributed by atoms with Gasteiger partial charge in [-0.1, -0.05) is 34.1 Å². The van der Waals surface area contributed by atoms with Gasteiger partial charge in [-0.25, -0.2) is 0 Å². The molecule has 0 aromatic heterocycles. The lowest BCUT2D eigenvalue weighted by Crippen LogP contribution is -2.42. The zero-order valence-electron chi connectivity index (χ0n) is 10.4. The summed E-state index contributed by atoms with van der Waals surface area (Å²) in [5.74, 6) is 0. The molecule has 0 bridgehead atoms. The zero-order chi connectivity index (χ0) is 10.5. The Kier molecular flexibility index (Phi) is 5.62. The summed E-state index contributed by atoms with van der Waals surface area (Å²) < 4.78 is 0. The van der Waals surface area contributed by atoms with E-state index in [0.29, 0.717) is 5.41 Å². The molecule has 0 aromatic carbocycles. The van der Waals surface area contributed by atoms with E-state index in [9.17, 15) is 0 Å². The highest BCUT2D eigenvalue weighted by Crippen LogP contribution is 2.36. The van der Waals surface area contributed by atoms with Crippen LogP contribution in [0, 0.1) is 5.41 Å². The highest BCUT2D eigenvalue weighted by molar-refractivity contribution is 4.84. The van der Waals surface area contributed by atoms with Gasteiger partial charge >= 0.3 is 0 Å². The highest BCUT2D eigenvalue weighted by atomic mass is 15.1. The van der Waals surface area contributed by atoms with Gasteiger partial charge in [0.15, 0.2) is 0 Å². The number of likely N-dealkylation sites (tertiary alicyclic amines) is 1. The molecular formula is C12H27N. The molecule has 1 saturated heterocycles. The first-order valence-electron chi connectivity index (χ1n) is 5.78. The summed E-state index contributed by atoms with van der Waals surface area (Å²) in [5, 5.41) is 0. The van der Waals surface area contributed by atoms with Crippen molar-refractivity contribution < 1.29 is 0 Å². The van der Waals surface area contributed by atoms with Gasteiger partial charge in [0, 0.05) is 6.04 Å². The Morgan fingerprint density at radius 2 is 1.92 bits per heavy atom. The fraction of sp³-hybridized carbons (Fsp3) is 1.00. The Morgan fingerprint density at radius 3 is 2.31 bits per heavy atom. The van der Waals surface area contributed by atoms with Gasteiger partial charge in [0.2, 0.25) is 0 Å². The molecule has 1 rings (SSSR count). The quantitative estimate of drug-likeness (QED) is 0.604. The highest BCUT2D eigenvalue weighted by Gasteiger charge is 2.30. The van der Waals surface area contributed by atoms with Crippen LogP contribution in [0.1, 0.15) is 53.9 Å². The van der Waals surface area contributed by atoms with Gasteiger partial charge in [0.1, 0.15) is 0 Å². The molecule has 1 fully saturated rings. The van der Waals surface area contributed by atoms with Crippen LogP contribution in [0.3, 0.4) is 0 Å². The summed E-state index contributed by atoms with van der Waals surface area (Å²) in [5.41, 5.74) is 0.631. The Bertz CT molecular complexity index is 133. The Balaban J connectivity index is 0.000000671. The van der Waals surface area contributed by atoms with E-state index >= 15 is 0 Å². The summed E-state index contributed by atoms with van der Waals surface area (Å²) in [7, 11) is 2.24. The van der Waals surface area contributed by atoms with E-state index in [1.165, 1.54) is 25.8 Å². The normalized spacial score (nSPS) is 35.1. The van der Waals surface area contributed by atoms with Gasteiger partial charge in [0.25, 0.3) is 0 Å². The second-order valence-corrected chi connectivity index (χ2v) is 4.45. The van der Waals surface area contributed by atoms with Gasteiger partial charge in [-0.05, 0) is 38.8 Å². The molecule has 0 spiro atoms. The molecule has 0 saturated carbocycles. The third-order valence-corrected chi connectivity index (χ3v) is 3.46. The summed E-state index contributed by atoms with van der Waals surface area (Å²) >= 11 is 0. The lowest BCUT2D eigenvalue weighted by atomic mass is 9.75. The molecule has 1 aliphatic rings. The predicted molar refractivity (Wildman–Crippen MR) is 61.1 cm³/mol. The molecule has 1 aliphatic heterocycles. The summed E-state index contributed by atoms with van der Waals surface area (Å²) in [6, 6.07) is 0.786. The number of hydrogen-bond donors (Lipinski definition) is 0. The van der Waals surface area contributed by atoms with Crippen LogP contribution < -0.4 is 0 Å². The van der Waals surface area contributed by atoms with Gasteiger partial charge in [0.05, 0.1) is 0 Å². The van der Waals surface area contributed by atoms with E-state index in [2.05, 4.69) is 32.7 Å². The van der Waals surface area contributed by atoms with Crippen LogP contribution in [0.2, 0.25) is 0 Å². The molecule has 13 heavy (non-hydrogen) atoms. The van der Waals surface area contributed by atoms with Crippen LogP contribution in [-0.2, 0) is 0 Å². The minimum absolute atomic E-state index is 0.631. The standard InChI is InChI=1S/C10H21N.C2H6/c1-5-10(3)6-7-11(4)9(2)8-10;1-2/h9H,5-8H2,1-4H3;1-2H3/t9-,10-;/m0./s1. The molecular weight excluding hydrogens is 158 g/mol. The monoisotopic (exact) mass is 185 g/mol. The van der Waals surface area contributed by atoms with E-state index in [4.69, 9.17) is 0 Å². The largest absolute Gasteiger partial charge is 0.304 e. The van der Waals surface area contributed by atoms with Crippen molar-refractivity contribution >= 4 is 0 Å². The summed E-state index contributed by atoms with van der Waals surface area (Å²) in [4.78, 5) is 2.47. The topological polar surface area (TPSA) is 3.24 Å². The van der Waals surface area contributed by atoms with Crippen molar-refractivity contribution in [1.82, 2.24) is 4.90 Å². The molecule has 0 aromatic rings. The molecule has 0 unspecified atom stereocenters. The molecule has 0 N–H and O–H groups in total. The molecule has 0 radical (unpaired) electrons. The Morgan fingerprint density at radius 1 is 1.38 bits per heavy atom. The predicted octanol–water partition coefficient (Wildman–Crippen LogP) is 3.54. The average Bonchev–Trinajstić information content (AvgIpc) is 2.16. The van der Waals surface area contributed by atoms with Gasteiger partial charge in [-0.3, -0.25) is 0 Å². The smallest absolute Gasteiger partial charge is 0.00690 e. The first kappa shape index (κ1) is 13.0. The fourth-order valence-electron chi connectivity index (χ4n) is 1.96. The maximum absolute atomic E-state index is 2.47. The number of piperidine rings is 1. The first-order chi connectivity index (χ1) is 6.07. The third kappa shape index (κ3) is 3.68. The maximum Gasteiger partial charge on any atom is 0.00690 e. The number of hydrogen-bond acceptors (Lipinski definition) is 1. The van der Waals surface area contributed by atoms with Crippen LogP contribution >= 0.6 is 0 Å². The Hall–Kier alpha value is -0.0400. The summed E-state index contributed by atoms with van der Waals surface area (Å²) in [6.07, 6.45) is 4.09. The molecule has 80 valence electrons. The van der Waals surface area contributed by atoms with Crippen LogP contribution in [0.15, 0.2) is 0 Å². The number of rotatable bonds is 1. The zero-order valence-corrected chi connectivity index (χ0v) is 10.4. The van der Waals surface area contributed by atoms with Gasteiger partial charge in [-0.2, -0.15) is 0 Å². The minimum Gasteiger partial charge on any atom is -0.304 e. The van der Waals surface area contributed by atoms with Crippen LogP contribution in [-0.4, -0.2) is 24.5 Å². The van der Waals surface area contributed by atoms with E-state index in [-0.39, 0.29) is 0 Å². The van der Waals surface area contributed by atoms with Crippen LogP contribution in [0.5, 0.6) is 0 Å². The van der Waals surface area contributed by atoms with E-state index in [1.54, 1.807) is 0 Å². The average molecular weight is 185 g/mol. The van der Waals surface area contributed by atoms with E-state index in [1.807, 2.05) is 13.8 Å². The first-order valence-corrected chi connectivity index (χ1v) is 5.78. The second kappa shape index (κ2) is 5.64. The molecule has 1 nitrogen and oxygen atoms in total. The van der Waals surface area contributed by atoms with Crippen molar-refractivity contribution in [3.8, 4) is 0 Å². The van der Waals surface area contributed by atoms with Crippen molar-refractivity contribution in [3.63, 3.8) is 0 Å². The summed E-state index contributed by atoms with van der Waals surface area (Å²) in [6.45, 7) is 12.4. The molecule has 2 atom stereocenters. The van der Waals surface area contributed by atoms with E-state index in [0.717, 1.165) is 6.04 Å².